The average molecular weight is 221 g/mol. The van der Waals surface area contributed by atoms with E-state index in [0.29, 0.717) is 17.5 Å². The summed E-state index contributed by atoms with van der Waals surface area (Å²) in [6.07, 6.45) is 2.56. The van der Waals surface area contributed by atoms with Crippen molar-refractivity contribution in [2.24, 2.45) is 5.41 Å². The largest absolute Gasteiger partial charge is 0.297 e. The van der Waals surface area contributed by atoms with Crippen molar-refractivity contribution in [3.8, 4) is 6.07 Å². The van der Waals surface area contributed by atoms with E-state index in [9.17, 15) is 0 Å². The maximum Gasteiger partial charge on any atom is 0.0865 e. The normalized spacial score (nSPS) is 26.4. The number of likely N-dealkylation sites (tertiary alicyclic amines) is 2. The van der Waals surface area contributed by atoms with Crippen molar-refractivity contribution >= 4 is 0 Å². The zero-order valence-electron chi connectivity index (χ0n) is 10.8. The molecule has 3 nitrogen and oxygen atoms in total. The standard InChI is InChI=1S/C13H23N3/c1-12(2,3)16-10-13(11-16)4-7-15(8-5-13)9-6-14/h4-5,7-11H2,1-3H3. The van der Waals surface area contributed by atoms with Crippen molar-refractivity contribution in [2.75, 3.05) is 32.7 Å². The van der Waals surface area contributed by atoms with Crippen LogP contribution in [0.1, 0.15) is 33.6 Å². The second kappa shape index (κ2) is 4.01. The molecule has 0 radical (unpaired) electrons. The molecule has 0 aromatic carbocycles. The minimum Gasteiger partial charge on any atom is -0.297 e. The quantitative estimate of drug-likeness (QED) is 0.631. The Bertz CT molecular complexity index is 281. The molecule has 0 aromatic heterocycles. The molecule has 2 saturated heterocycles. The monoisotopic (exact) mass is 221 g/mol. The van der Waals surface area contributed by atoms with Crippen LogP contribution in [0, 0.1) is 16.7 Å². The summed E-state index contributed by atoms with van der Waals surface area (Å²) in [5.74, 6) is 0. The van der Waals surface area contributed by atoms with Gasteiger partial charge in [0.1, 0.15) is 0 Å². The Kier molecular flexibility index (Phi) is 2.98. The Labute approximate surface area is 99.0 Å². The molecule has 0 bridgehead atoms. The lowest BCUT2D eigenvalue weighted by Crippen LogP contribution is -2.65. The van der Waals surface area contributed by atoms with Crippen LogP contribution < -0.4 is 0 Å². The number of piperidine rings is 1. The summed E-state index contributed by atoms with van der Waals surface area (Å²) in [5.41, 5.74) is 0.911. The average Bonchev–Trinajstić information content (AvgIpc) is 2.14. The molecule has 2 rings (SSSR count). The zero-order valence-corrected chi connectivity index (χ0v) is 10.8. The minimum absolute atomic E-state index is 0.328. The van der Waals surface area contributed by atoms with Gasteiger partial charge in [0.25, 0.3) is 0 Å². The fraction of sp³-hybridized carbons (Fsp3) is 0.923. The van der Waals surface area contributed by atoms with Gasteiger partial charge in [0, 0.05) is 18.6 Å². The molecule has 2 aliphatic heterocycles. The van der Waals surface area contributed by atoms with Crippen LogP contribution in [-0.2, 0) is 0 Å². The Morgan fingerprint density at radius 1 is 1.19 bits per heavy atom. The highest BCUT2D eigenvalue weighted by atomic mass is 15.3. The Morgan fingerprint density at radius 3 is 2.19 bits per heavy atom. The summed E-state index contributed by atoms with van der Waals surface area (Å²) < 4.78 is 0. The first-order valence-corrected chi connectivity index (χ1v) is 6.30. The maximum atomic E-state index is 8.67. The molecule has 2 heterocycles. The number of nitriles is 1. The molecule has 1 spiro atoms. The van der Waals surface area contributed by atoms with Gasteiger partial charge in [0.15, 0.2) is 0 Å². The minimum atomic E-state index is 0.328. The van der Waals surface area contributed by atoms with Gasteiger partial charge in [0.2, 0.25) is 0 Å². The van der Waals surface area contributed by atoms with Crippen LogP contribution >= 0.6 is 0 Å². The van der Waals surface area contributed by atoms with Crippen LogP contribution in [0.3, 0.4) is 0 Å². The molecule has 0 unspecified atom stereocenters. The van der Waals surface area contributed by atoms with E-state index in [0.717, 1.165) is 13.1 Å². The summed E-state index contributed by atoms with van der Waals surface area (Å²) in [5, 5.41) is 8.67. The number of hydrogen-bond donors (Lipinski definition) is 0. The first-order chi connectivity index (χ1) is 7.45. The van der Waals surface area contributed by atoms with E-state index in [1.54, 1.807) is 0 Å². The molecule has 0 N–H and O–H groups in total. The third-order valence-corrected chi connectivity index (χ3v) is 4.21. The number of nitrogens with zero attached hydrogens (tertiary/aromatic N) is 3. The van der Waals surface area contributed by atoms with Crippen LogP contribution in [-0.4, -0.2) is 48.1 Å². The molecule has 0 aliphatic carbocycles. The molecule has 2 fully saturated rings. The van der Waals surface area contributed by atoms with Gasteiger partial charge in [-0.3, -0.25) is 9.80 Å². The van der Waals surface area contributed by atoms with Gasteiger partial charge in [-0.15, -0.1) is 0 Å². The SMILES string of the molecule is CC(C)(C)N1CC2(CCN(CC#N)CC2)C1. The van der Waals surface area contributed by atoms with Gasteiger partial charge >= 0.3 is 0 Å². The molecular weight excluding hydrogens is 198 g/mol. The van der Waals surface area contributed by atoms with Crippen molar-refractivity contribution in [3.63, 3.8) is 0 Å². The first kappa shape index (κ1) is 11.9. The second-order valence-electron chi connectivity index (χ2n) is 6.46. The third-order valence-electron chi connectivity index (χ3n) is 4.21. The van der Waals surface area contributed by atoms with Crippen LogP contribution in [0.4, 0.5) is 0 Å². The van der Waals surface area contributed by atoms with Crippen molar-refractivity contribution < 1.29 is 0 Å². The lowest BCUT2D eigenvalue weighted by Gasteiger charge is -2.58. The van der Waals surface area contributed by atoms with E-state index < -0.39 is 0 Å². The summed E-state index contributed by atoms with van der Waals surface area (Å²) in [4.78, 5) is 4.86. The lowest BCUT2D eigenvalue weighted by molar-refractivity contribution is -0.0886. The van der Waals surface area contributed by atoms with Crippen LogP contribution in [0.2, 0.25) is 0 Å². The van der Waals surface area contributed by atoms with Crippen molar-refractivity contribution in [1.29, 1.82) is 5.26 Å². The summed E-state index contributed by atoms with van der Waals surface area (Å²) in [6.45, 7) is 12.3. The van der Waals surface area contributed by atoms with E-state index in [1.807, 2.05) is 0 Å². The van der Waals surface area contributed by atoms with Gasteiger partial charge in [-0.25, -0.2) is 0 Å². The highest BCUT2D eigenvalue weighted by Gasteiger charge is 2.47. The molecule has 0 aromatic rings. The van der Waals surface area contributed by atoms with Gasteiger partial charge in [0.05, 0.1) is 12.6 Å². The molecular formula is C13H23N3. The number of hydrogen-bond acceptors (Lipinski definition) is 3. The van der Waals surface area contributed by atoms with E-state index in [4.69, 9.17) is 5.26 Å². The van der Waals surface area contributed by atoms with Gasteiger partial charge in [-0.2, -0.15) is 5.26 Å². The first-order valence-electron chi connectivity index (χ1n) is 6.30. The van der Waals surface area contributed by atoms with Gasteiger partial charge in [-0.1, -0.05) is 0 Å². The predicted molar refractivity (Wildman–Crippen MR) is 65.0 cm³/mol. The van der Waals surface area contributed by atoms with Gasteiger partial charge in [-0.05, 0) is 52.1 Å². The maximum absolute atomic E-state index is 8.67. The number of rotatable bonds is 1. The van der Waals surface area contributed by atoms with Crippen LogP contribution in [0.15, 0.2) is 0 Å². The Balaban J connectivity index is 1.81. The highest BCUT2D eigenvalue weighted by molar-refractivity contribution is 5.02. The fourth-order valence-electron chi connectivity index (χ4n) is 2.84. The van der Waals surface area contributed by atoms with Gasteiger partial charge < -0.3 is 0 Å². The molecule has 0 amide bonds. The summed E-state index contributed by atoms with van der Waals surface area (Å²) in [7, 11) is 0. The van der Waals surface area contributed by atoms with Crippen LogP contribution in [0.25, 0.3) is 0 Å². The molecule has 3 heteroatoms. The highest BCUT2D eigenvalue weighted by Crippen LogP contribution is 2.43. The van der Waals surface area contributed by atoms with Crippen molar-refractivity contribution in [2.45, 2.75) is 39.2 Å². The van der Waals surface area contributed by atoms with Crippen molar-refractivity contribution in [3.05, 3.63) is 0 Å². The molecule has 16 heavy (non-hydrogen) atoms. The fourth-order valence-corrected chi connectivity index (χ4v) is 2.84. The molecule has 0 saturated carbocycles. The Morgan fingerprint density at radius 2 is 1.75 bits per heavy atom. The molecule has 2 aliphatic rings. The molecule has 90 valence electrons. The lowest BCUT2D eigenvalue weighted by atomic mass is 9.70. The summed E-state index contributed by atoms with van der Waals surface area (Å²) in [6, 6.07) is 2.25. The van der Waals surface area contributed by atoms with E-state index in [1.165, 1.54) is 25.9 Å². The Hall–Kier alpha value is -0.590. The summed E-state index contributed by atoms with van der Waals surface area (Å²) >= 11 is 0. The second-order valence-corrected chi connectivity index (χ2v) is 6.46. The zero-order chi connectivity index (χ0) is 11.8. The third kappa shape index (κ3) is 2.23. The topological polar surface area (TPSA) is 30.3 Å². The smallest absolute Gasteiger partial charge is 0.0865 e. The van der Waals surface area contributed by atoms with Crippen LogP contribution in [0.5, 0.6) is 0 Å². The van der Waals surface area contributed by atoms with E-state index >= 15 is 0 Å². The van der Waals surface area contributed by atoms with E-state index in [2.05, 4.69) is 36.6 Å². The van der Waals surface area contributed by atoms with Crippen molar-refractivity contribution in [1.82, 2.24) is 9.80 Å². The predicted octanol–water partition coefficient (Wildman–Crippen LogP) is 1.71. The molecule has 0 atom stereocenters. The van der Waals surface area contributed by atoms with E-state index in [-0.39, 0.29) is 0 Å².